The van der Waals surface area contributed by atoms with Gasteiger partial charge in [-0.15, -0.1) is 0 Å². The van der Waals surface area contributed by atoms with Crippen LogP contribution in [0.2, 0.25) is 0 Å². The maximum Gasteiger partial charge on any atom is 0.254 e. The van der Waals surface area contributed by atoms with Gasteiger partial charge < -0.3 is 14.3 Å². The summed E-state index contributed by atoms with van der Waals surface area (Å²) in [5, 5.41) is 3.94. The molecule has 3 rings (SSSR count). The molecule has 2 heterocycles. The molecule has 0 spiro atoms. The van der Waals surface area contributed by atoms with Crippen molar-refractivity contribution in [3.8, 4) is 0 Å². The van der Waals surface area contributed by atoms with E-state index in [2.05, 4.69) is 5.16 Å². The van der Waals surface area contributed by atoms with E-state index in [0.29, 0.717) is 13.1 Å². The monoisotopic (exact) mass is 271 g/mol. The minimum absolute atomic E-state index is 0.0561. The van der Waals surface area contributed by atoms with Crippen molar-refractivity contribution in [2.24, 2.45) is 0 Å². The Morgan fingerprint density at radius 2 is 2.25 bits per heavy atom. The summed E-state index contributed by atoms with van der Waals surface area (Å²) >= 11 is 0. The summed E-state index contributed by atoms with van der Waals surface area (Å²) in [7, 11) is 3.93. The molecule has 1 aliphatic heterocycles. The molecular weight excluding hydrogens is 254 g/mol. The smallest absolute Gasteiger partial charge is 0.254 e. The first-order chi connectivity index (χ1) is 9.65. The molecule has 0 unspecified atom stereocenters. The molecule has 5 heteroatoms. The van der Waals surface area contributed by atoms with Gasteiger partial charge in [-0.2, -0.15) is 0 Å². The molecule has 5 nitrogen and oxygen atoms in total. The number of hydrogen-bond donors (Lipinski definition) is 0. The number of anilines is 1. The van der Waals surface area contributed by atoms with Crippen LogP contribution in [0, 0.1) is 0 Å². The SMILES string of the molecule is CN(C)c1cccc(C(=O)N2CCc3nocc3C2)c1. The lowest BCUT2D eigenvalue weighted by Crippen LogP contribution is -2.35. The van der Waals surface area contributed by atoms with Crippen molar-refractivity contribution in [2.75, 3.05) is 25.5 Å². The van der Waals surface area contributed by atoms with Crippen LogP contribution in [0.5, 0.6) is 0 Å². The number of nitrogens with zero attached hydrogens (tertiary/aromatic N) is 3. The third kappa shape index (κ3) is 2.27. The summed E-state index contributed by atoms with van der Waals surface area (Å²) in [4.78, 5) is 16.4. The Morgan fingerprint density at radius 3 is 3.05 bits per heavy atom. The minimum Gasteiger partial charge on any atom is -0.378 e. The van der Waals surface area contributed by atoms with Crippen molar-refractivity contribution in [1.29, 1.82) is 0 Å². The molecule has 0 bridgehead atoms. The van der Waals surface area contributed by atoms with Gasteiger partial charge in [-0.1, -0.05) is 11.2 Å². The normalized spacial score (nSPS) is 14.0. The lowest BCUT2D eigenvalue weighted by Gasteiger charge is -2.26. The van der Waals surface area contributed by atoms with E-state index < -0.39 is 0 Å². The van der Waals surface area contributed by atoms with Gasteiger partial charge in [0.05, 0.1) is 12.2 Å². The summed E-state index contributed by atoms with van der Waals surface area (Å²) < 4.78 is 4.96. The molecule has 0 fully saturated rings. The standard InChI is InChI=1S/C15H17N3O2/c1-17(2)13-5-3-4-11(8-13)15(19)18-7-6-14-12(9-18)10-20-16-14/h3-5,8,10H,6-7,9H2,1-2H3. The van der Waals surface area contributed by atoms with Crippen LogP contribution in [-0.4, -0.2) is 36.6 Å². The highest BCUT2D eigenvalue weighted by Crippen LogP contribution is 2.21. The second-order valence-electron chi connectivity index (χ2n) is 5.21. The first-order valence-electron chi connectivity index (χ1n) is 6.64. The minimum atomic E-state index is 0.0561. The number of aromatic nitrogens is 1. The lowest BCUT2D eigenvalue weighted by molar-refractivity contribution is 0.0734. The van der Waals surface area contributed by atoms with E-state index in [-0.39, 0.29) is 5.91 Å². The molecule has 0 atom stereocenters. The third-order valence-corrected chi connectivity index (χ3v) is 3.60. The van der Waals surface area contributed by atoms with Crippen LogP contribution in [0.1, 0.15) is 21.6 Å². The second-order valence-corrected chi connectivity index (χ2v) is 5.21. The molecule has 0 saturated carbocycles. The maximum atomic E-state index is 12.6. The van der Waals surface area contributed by atoms with Gasteiger partial charge in [-0.05, 0) is 18.2 Å². The molecule has 0 saturated heterocycles. The molecule has 1 aromatic heterocycles. The molecule has 1 aromatic carbocycles. The maximum absolute atomic E-state index is 12.6. The van der Waals surface area contributed by atoms with Crippen molar-refractivity contribution in [1.82, 2.24) is 10.1 Å². The van der Waals surface area contributed by atoms with E-state index in [1.807, 2.05) is 48.2 Å². The highest BCUT2D eigenvalue weighted by molar-refractivity contribution is 5.95. The van der Waals surface area contributed by atoms with Crippen LogP contribution >= 0.6 is 0 Å². The van der Waals surface area contributed by atoms with E-state index in [9.17, 15) is 4.79 Å². The van der Waals surface area contributed by atoms with Crippen LogP contribution < -0.4 is 4.90 Å². The zero-order valence-electron chi connectivity index (χ0n) is 11.7. The quantitative estimate of drug-likeness (QED) is 0.837. The highest BCUT2D eigenvalue weighted by atomic mass is 16.5. The third-order valence-electron chi connectivity index (χ3n) is 3.60. The Hall–Kier alpha value is -2.30. The van der Waals surface area contributed by atoms with Gasteiger partial charge in [0, 0.05) is 43.9 Å². The summed E-state index contributed by atoms with van der Waals surface area (Å²) in [5.41, 5.74) is 3.72. The molecule has 20 heavy (non-hydrogen) atoms. The number of hydrogen-bond acceptors (Lipinski definition) is 4. The fourth-order valence-corrected chi connectivity index (χ4v) is 2.41. The van der Waals surface area contributed by atoms with E-state index >= 15 is 0 Å². The predicted octanol–water partition coefficient (Wildman–Crippen LogP) is 1.94. The summed E-state index contributed by atoms with van der Waals surface area (Å²) in [6.45, 7) is 1.26. The zero-order valence-corrected chi connectivity index (χ0v) is 11.7. The summed E-state index contributed by atoms with van der Waals surface area (Å²) in [6.07, 6.45) is 2.38. The second kappa shape index (κ2) is 5.00. The lowest BCUT2D eigenvalue weighted by atomic mass is 10.1. The number of carbonyl (C=O) groups is 1. The Kier molecular flexibility index (Phi) is 3.18. The van der Waals surface area contributed by atoms with Gasteiger partial charge >= 0.3 is 0 Å². The van der Waals surface area contributed by atoms with E-state index in [4.69, 9.17) is 4.52 Å². The number of benzene rings is 1. The van der Waals surface area contributed by atoms with Gasteiger partial charge in [-0.25, -0.2) is 0 Å². The van der Waals surface area contributed by atoms with Crippen LogP contribution in [-0.2, 0) is 13.0 Å². The van der Waals surface area contributed by atoms with Gasteiger partial charge in [-0.3, -0.25) is 4.79 Å². The first-order valence-corrected chi connectivity index (χ1v) is 6.64. The van der Waals surface area contributed by atoms with E-state index in [1.165, 1.54) is 0 Å². The molecule has 1 amide bonds. The topological polar surface area (TPSA) is 49.6 Å². The molecule has 1 aliphatic rings. The van der Waals surface area contributed by atoms with Gasteiger partial charge in [0.25, 0.3) is 5.91 Å². The molecule has 0 radical (unpaired) electrons. The Balaban J connectivity index is 1.81. The van der Waals surface area contributed by atoms with Crippen LogP contribution in [0.25, 0.3) is 0 Å². The van der Waals surface area contributed by atoms with Crippen molar-refractivity contribution in [3.05, 3.63) is 47.3 Å². The van der Waals surface area contributed by atoms with Crippen molar-refractivity contribution < 1.29 is 9.32 Å². The van der Waals surface area contributed by atoms with Gasteiger partial charge in [0.1, 0.15) is 6.26 Å². The fourth-order valence-electron chi connectivity index (χ4n) is 2.41. The van der Waals surface area contributed by atoms with Gasteiger partial charge in [0.15, 0.2) is 0 Å². The van der Waals surface area contributed by atoms with E-state index in [0.717, 1.165) is 28.9 Å². The van der Waals surface area contributed by atoms with Crippen LogP contribution in [0.15, 0.2) is 35.1 Å². The van der Waals surface area contributed by atoms with Crippen molar-refractivity contribution in [3.63, 3.8) is 0 Å². The molecule has 104 valence electrons. The molecule has 0 aliphatic carbocycles. The number of amides is 1. The average Bonchev–Trinajstić information content (AvgIpc) is 2.94. The molecule has 0 N–H and O–H groups in total. The average molecular weight is 271 g/mol. The van der Waals surface area contributed by atoms with Crippen LogP contribution in [0.4, 0.5) is 5.69 Å². The molecule has 2 aromatic rings. The van der Waals surface area contributed by atoms with Crippen LogP contribution in [0.3, 0.4) is 0 Å². The molecular formula is C15H17N3O2. The Bertz CT molecular complexity index is 634. The van der Waals surface area contributed by atoms with Gasteiger partial charge in [0.2, 0.25) is 0 Å². The fraction of sp³-hybridized carbons (Fsp3) is 0.333. The van der Waals surface area contributed by atoms with Crippen molar-refractivity contribution >= 4 is 11.6 Å². The number of fused-ring (bicyclic) bond motifs is 1. The number of carbonyl (C=O) groups excluding carboxylic acids is 1. The zero-order chi connectivity index (χ0) is 14.1. The number of rotatable bonds is 2. The highest BCUT2D eigenvalue weighted by Gasteiger charge is 2.24. The predicted molar refractivity (Wildman–Crippen MR) is 75.7 cm³/mol. The van der Waals surface area contributed by atoms with Crippen molar-refractivity contribution in [2.45, 2.75) is 13.0 Å². The Labute approximate surface area is 117 Å². The summed E-state index contributed by atoms with van der Waals surface area (Å²) in [6, 6.07) is 7.69. The Morgan fingerprint density at radius 1 is 1.40 bits per heavy atom. The first kappa shape index (κ1) is 12.7. The van der Waals surface area contributed by atoms with E-state index in [1.54, 1.807) is 6.26 Å². The summed E-state index contributed by atoms with van der Waals surface area (Å²) in [5.74, 6) is 0.0561. The largest absolute Gasteiger partial charge is 0.378 e.